The standard InChI is InChI=1S/C14H24N2O/c1-14(2)8-5-9-15-12(14)10-16-13(17)11-6-3-4-7-11/h3-4,11-12,15H,5-10H2,1-2H3,(H,16,17). The monoisotopic (exact) mass is 236 g/mol. The average molecular weight is 236 g/mol. The Morgan fingerprint density at radius 1 is 1.41 bits per heavy atom. The van der Waals surface area contributed by atoms with Gasteiger partial charge in [0.25, 0.3) is 0 Å². The van der Waals surface area contributed by atoms with Crippen LogP contribution in [0.1, 0.15) is 39.5 Å². The van der Waals surface area contributed by atoms with Crippen LogP contribution < -0.4 is 10.6 Å². The molecule has 0 aromatic rings. The van der Waals surface area contributed by atoms with Gasteiger partial charge in [-0.2, -0.15) is 0 Å². The number of carbonyl (C=O) groups is 1. The van der Waals surface area contributed by atoms with Crippen LogP contribution in [0.4, 0.5) is 0 Å². The van der Waals surface area contributed by atoms with Crippen LogP contribution in [0.2, 0.25) is 0 Å². The SMILES string of the molecule is CC1(C)CCCNC1CNC(=O)C1CC=CC1. The maximum absolute atomic E-state index is 11.9. The van der Waals surface area contributed by atoms with Crippen LogP contribution in [-0.4, -0.2) is 25.0 Å². The molecule has 17 heavy (non-hydrogen) atoms. The van der Waals surface area contributed by atoms with Crippen LogP contribution >= 0.6 is 0 Å². The highest BCUT2D eigenvalue weighted by molar-refractivity contribution is 5.79. The first-order valence-electron chi connectivity index (χ1n) is 6.76. The lowest BCUT2D eigenvalue weighted by molar-refractivity contribution is -0.124. The molecule has 1 amide bonds. The fraction of sp³-hybridized carbons (Fsp3) is 0.786. The second-order valence-corrected chi connectivity index (χ2v) is 5.98. The first-order chi connectivity index (χ1) is 8.09. The summed E-state index contributed by atoms with van der Waals surface area (Å²) in [5, 5.41) is 6.63. The molecule has 3 nitrogen and oxygen atoms in total. The van der Waals surface area contributed by atoms with E-state index in [0.29, 0.717) is 11.5 Å². The minimum atomic E-state index is 0.182. The summed E-state index contributed by atoms with van der Waals surface area (Å²) in [5.74, 6) is 0.403. The predicted molar refractivity (Wildman–Crippen MR) is 69.7 cm³/mol. The zero-order valence-electron chi connectivity index (χ0n) is 11.0. The molecule has 1 atom stereocenters. The third-order valence-electron chi connectivity index (χ3n) is 4.19. The zero-order valence-corrected chi connectivity index (χ0v) is 11.0. The molecule has 1 fully saturated rings. The van der Waals surface area contributed by atoms with Gasteiger partial charge in [-0.05, 0) is 37.6 Å². The lowest BCUT2D eigenvalue weighted by atomic mass is 9.77. The van der Waals surface area contributed by atoms with E-state index >= 15 is 0 Å². The number of rotatable bonds is 3. The Bertz CT molecular complexity index is 301. The second-order valence-electron chi connectivity index (χ2n) is 5.98. The second kappa shape index (κ2) is 5.21. The van der Waals surface area contributed by atoms with Gasteiger partial charge in [-0.25, -0.2) is 0 Å². The summed E-state index contributed by atoms with van der Waals surface area (Å²) in [6.07, 6.45) is 8.51. The van der Waals surface area contributed by atoms with Crippen molar-refractivity contribution < 1.29 is 4.79 Å². The molecule has 0 aromatic carbocycles. The first kappa shape index (κ1) is 12.6. The van der Waals surface area contributed by atoms with E-state index in [9.17, 15) is 4.79 Å². The highest BCUT2D eigenvalue weighted by Crippen LogP contribution is 2.29. The maximum atomic E-state index is 11.9. The van der Waals surface area contributed by atoms with E-state index in [2.05, 4.69) is 36.6 Å². The molecule has 0 spiro atoms. The van der Waals surface area contributed by atoms with Crippen LogP contribution in [0.15, 0.2) is 12.2 Å². The van der Waals surface area contributed by atoms with E-state index in [0.717, 1.165) is 25.9 Å². The number of allylic oxidation sites excluding steroid dienone is 2. The Morgan fingerprint density at radius 2 is 2.12 bits per heavy atom. The van der Waals surface area contributed by atoms with Gasteiger partial charge in [0.15, 0.2) is 0 Å². The number of amides is 1. The van der Waals surface area contributed by atoms with E-state index in [1.807, 2.05) is 0 Å². The smallest absolute Gasteiger partial charge is 0.223 e. The van der Waals surface area contributed by atoms with Crippen LogP contribution in [-0.2, 0) is 4.79 Å². The number of hydrogen-bond acceptors (Lipinski definition) is 2. The van der Waals surface area contributed by atoms with E-state index in [1.165, 1.54) is 12.8 Å². The van der Waals surface area contributed by atoms with E-state index in [1.54, 1.807) is 0 Å². The molecule has 2 rings (SSSR count). The van der Waals surface area contributed by atoms with Crippen LogP contribution in [0.25, 0.3) is 0 Å². The minimum Gasteiger partial charge on any atom is -0.354 e. The normalized spacial score (nSPS) is 28.2. The Hall–Kier alpha value is -0.830. The van der Waals surface area contributed by atoms with Crippen molar-refractivity contribution in [3.05, 3.63) is 12.2 Å². The lowest BCUT2D eigenvalue weighted by Gasteiger charge is -2.39. The summed E-state index contributed by atoms with van der Waals surface area (Å²) in [7, 11) is 0. The maximum Gasteiger partial charge on any atom is 0.223 e. The van der Waals surface area contributed by atoms with E-state index < -0.39 is 0 Å². The lowest BCUT2D eigenvalue weighted by Crippen LogP contribution is -2.53. The number of nitrogens with one attached hydrogen (secondary N) is 2. The van der Waals surface area contributed by atoms with Crippen molar-refractivity contribution in [2.24, 2.45) is 11.3 Å². The summed E-state index contributed by atoms with van der Waals surface area (Å²) < 4.78 is 0. The van der Waals surface area contributed by atoms with Crippen molar-refractivity contribution in [2.45, 2.75) is 45.6 Å². The molecule has 96 valence electrons. The Balaban J connectivity index is 1.78. The number of hydrogen-bond donors (Lipinski definition) is 2. The first-order valence-corrected chi connectivity index (χ1v) is 6.76. The molecule has 1 saturated heterocycles. The number of piperidine rings is 1. The van der Waals surface area contributed by atoms with Gasteiger partial charge in [-0.3, -0.25) is 4.79 Å². The van der Waals surface area contributed by atoms with Crippen molar-refractivity contribution in [3.8, 4) is 0 Å². The topological polar surface area (TPSA) is 41.1 Å². The predicted octanol–water partition coefficient (Wildman–Crippen LogP) is 1.85. The summed E-state index contributed by atoms with van der Waals surface area (Å²) >= 11 is 0. The molecule has 0 aromatic heterocycles. The van der Waals surface area contributed by atoms with Crippen molar-refractivity contribution in [2.75, 3.05) is 13.1 Å². The van der Waals surface area contributed by atoms with Crippen molar-refractivity contribution in [3.63, 3.8) is 0 Å². The molecular formula is C14H24N2O. The largest absolute Gasteiger partial charge is 0.354 e. The highest BCUT2D eigenvalue weighted by atomic mass is 16.1. The van der Waals surface area contributed by atoms with E-state index in [4.69, 9.17) is 0 Å². The fourth-order valence-corrected chi connectivity index (χ4v) is 2.80. The van der Waals surface area contributed by atoms with Crippen LogP contribution in [0.5, 0.6) is 0 Å². The van der Waals surface area contributed by atoms with Crippen molar-refractivity contribution in [1.29, 1.82) is 0 Å². The van der Waals surface area contributed by atoms with Crippen molar-refractivity contribution >= 4 is 5.91 Å². The molecule has 0 saturated carbocycles. The zero-order chi connectivity index (χ0) is 12.3. The Morgan fingerprint density at radius 3 is 2.76 bits per heavy atom. The molecule has 1 aliphatic heterocycles. The average Bonchev–Trinajstić information content (AvgIpc) is 2.80. The summed E-state index contributed by atoms with van der Waals surface area (Å²) in [4.78, 5) is 11.9. The summed E-state index contributed by atoms with van der Waals surface area (Å²) in [5.41, 5.74) is 0.291. The van der Waals surface area contributed by atoms with Gasteiger partial charge in [0.05, 0.1) is 0 Å². The Kier molecular flexibility index (Phi) is 3.87. The number of carbonyl (C=O) groups excluding carboxylic acids is 1. The van der Waals surface area contributed by atoms with Gasteiger partial charge in [0, 0.05) is 18.5 Å². The summed E-state index contributed by atoms with van der Waals surface area (Å²) in [6, 6.07) is 0.412. The molecule has 2 N–H and O–H groups in total. The van der Waals surface area contributed by atoms with Gasteiger partial charge in [0.1, 0.15) is 0 Å². The Labute approximate surface area is 104 Å². The molecular weight excluding hydrogens is 212 g/mol. The molecule has 1 unspecified atom stereocenters. The molecule has 0 radical (unpaired) electrons. The summed E-state index contributed by atoms with van der Waals surface area (Å²) in [6.45, 7) is 6.41. The molecule has 3 heteroatoms. The van der Waals surface area contributed by atoms with Gasteiger partial charge >= 0.3 is 0 Å². The van der Waals surface area contributed by atoms with Crippen LogP contribution in [0.3, 0.4) is 0 Å². The molecule has 1 aliphatic carbocycles. The molecule has 2 aliphatic rings. The fourth-order valence-electron chi connectivity index (χ4n) is 2.80. The third-order valence-corrected chi connectivity index (χ3v) is 4.19. The minimum absolute atomic E-state index is 0.182. The quantitative estimate of drug-likeness (QED) is 0.734. The van der Waals surface area contributed by atoms with Gasteiger partial charge in [-0.1, -0.05) is 26.0 Å². The molecule has 0 bridgehead atoms. The third kappa shape index (κ3) is 3.09. The van der Waals surface area contributed by atoms with Crippen LogP contribution in [0, 0.1) is 11.3 Å². The van der Waals surface area contributed by atoms with Gasteiger partial charge in [-0.15, -0.1) is 0 Å². The van der Waals surface area contributed by atoms with Gasteiger partial charge in [0.2, 0.25) is 5.91 Å². The van der Waals surface area contributed by atoms with Crippen molar-refractivity contribution in [1.82, 2.24) is 10.6 Å². The van der Waals surface area contributed by atoms with Gasteiger partial charge < -0.3 is 10.6 Å². The van der Waals surface area contributed by atoms with E-state index in [-0.39, 0.29) is 11.8 Å². The molecule has 1 heterocycles. The highest BCUT2D eigenvalue weighted by Gasteiger charge is 2.32.